The lowest BCUT2D eigenvalue weighted by Crippen LogP contribution is -2.19. The van der Waals surface area contributed by atoms with E-state index in [1.807, 2.05) is 10.9 Å². The van der Waals surface area contributed by atoms with Crippen molar-refractivity contribution in [2.75, 3.05) is 0 Å². The van der Waals surface area contributed by atoms with Crippen molar-refractivity contribution in [2.24, 2.45) is 23.2 Å². The highest BCUT2D eigenvalue weighted by molar-refractivity contribution is 5.89. The molecule has 0 radical (unpaired) electrons. The molecule has 4 aliphatic carbocycles. The van der Waals surface area contributed by atoms with Gasteiger partial charge in [0.2, 0.25) is 0 Å². The zero-order valence-electron chi connectivity index (χ0n) is 19.1. The summed E-state index contributed by atoms with van der Waals surface area (Å²) < 4.78 is 0. The molecule has 0 N–H and O–H groups in total. The maximum Gasteiger partial charge on any atom is 0.121 e. The quantitative estimate of drug-likeness (QED) is 0.494. The molecule has 3 unspecified atom stereocenters. The molecule has 1 aromatic heterocycles. The molecule has 0 aliphatic heterocycles. The van der Waals surface area contributed by atoms with Gasteiger partial charge in [0.1, 0.15) is 11.0 Å². The summed E-state index contributed by atoms with van der Waals surface area (Å²) in [5, 5.41) is 9.83. The summed E-state index contributed by atoms with van der Waals surface area (Å²) in [5.41, 5.74) is 9.04. The lowest BCUT2D eigenvalue weighted by Gasteiger charge is -2.26. The second-order valence-corrected chi connectivity index (χ2v) is 10.2. The number of fused-ring (bicyclic) bond motifs is 4. The Hall–Kier alpha value is -2.94. The standard InChI is InChI=1S/C29H31N3/c1-5-21(27-26-19(3)29(26,27)4)12-8-20-9-14-23(15-10-20)32-30-25-17-13-22-11-6-18(2)7-16-24(22)28(25)31-32/h5-8,11-13,16-18,20,23,26H,1,3,9-10,14-15H2,2,4H3/b12-8+,27-21+. The van der Waals surface area contributed by atoms with E-state index in [1.54, 1.807) is 5.57 Å². The van der Waals surface area contributed by atoms with Crippen LogP contribution in [0.15, 0.2) is 72.4 Å². The van der Waals surface area contributed by atoms with Crippen LogP contribution in [0.5, 0.6) is 0 Å². The van der Waals surface area contributed by atoms with Gasteiger partial charge in [-0.3, -0.25) is 0 Å². The Balaban J connectivity index is 1.16. The molecule has 0 bridgehead atoms. The predicted molar refractivity (Wildman–Crippen MR) is 133 cm³/mol. The molecular formula is C29H31N3. The average Bonchev–Trinajstić information content (AvgIpc) is 3.54. The zero-order chi connectivity index (χ0) is 22.0. The van der Waals surface area contributed by atoms with E-state index in [9.17, 15) is 0 Å². The minimum Gasteiger partial charge on any atom is -0.181 e. The fourth-order valence-electron chi connectivity index (χ4n) is 5.80. The molecule has 4 aliphatic rings. The van der Waals surface area contributed by atoms with Gasteiger partial charge in [-0.15, -0.1) is 0 Å². The molecule has 0 saturated heterocycles. The molecule has 0 spiro atoms. The SMILES string of the molecule is C=CC(/C=C/C1CCC(n2nc3ccc4c(c3n2)C=CC(C)C=C4)CC1)=C1/C2C(=C)C12C. The van der Waals surface area contributed by atoms with Crippen LogP contribution in [0, 0.1) is 23.2 Å². The summed E-state index contributed by atoms with van der Waals surface area (Å²) in [6.07, 6.45) is 20.3. The minimum absolute atomic E-state index is 0.306. The van der Waals surface area contributed by atoms with Gasteiger partial charge < -0.3 is 0 Å². The summed E-state index contributed by atoms with van der Waals surface area (Å²) in [6, 6.07) is 4.67. The molecule has 6 rings (SSSR count). The van der Waals surface area contributed by atoms with E-state index < -0.39 is 0 Å². The third-order valence-corrected chi connectivity index (χ3v) is 8.21. The second-order valence-electron chi connectivity index (χ2n) is 10.2. The molecule has 3 heteroatoms. The highest BCUT2D eigenvalue weighted by atomic mass is 15.5. The fourth-order valence-corrected chi connectivity index (χ4v) is 5.80. The average molecular weight is 422 g/mol. The number of aromatic nitrogens is 3. The molecule has 1 heterocycles. The first kappa shape index (κ1) is 19.7. The van der Waals surface area contributed by atoms with E-state index in [0.29, 0.717) is 29.2 Å². The third kappa shape index (κ3) is 2.94. The molecule has 3 saturated carbocycles. The minimum atomic E-state index is 0.306. The van der Waals surface area contributed by atoms with Crippen molar-refractivity contribution in [1.82, 2.24) is 15.0 Å². The third-order valence-electron chi connectivity index (χ3n) is 8.21. The zero-order valence-corrected chi connectivity index (χ0v) is 19.1. The molecule has 2 aromatic rings. The number of benzene rings is 1. The number of hydrogen-bond acceptors (Lipinski definition) is 2. The Bertz CT molecular complexity index is 1260. The Morgan fingerprint density at radius 3 is 2.59 bits per heavy atom. The van der Waals surface area contributed by atoms with E-state index >= 15 is 0 Å². The Labute approximate surface area is 190 Å². The van der Waals surface area contributed by atoms with Crippen LogP contribution < -0.4 is 0 Å². The Morgan fingerprint density at radius 1 is 1.12 bits per heavy atom. The van der Waals surface area contributed by atoms with Crippen LogP contribution in [-0.2, 0) is 0 Å². The molecule has 3 fully saturated rings. The molecule has 1 aromatic carbocycles. The Kier molecular flexibility index (Phi) is 4.33. The molecule has 3 atom stereocenters. The topological polar surface area (TPSA) is 30.7 Å². The lowest BCUT2D eigenvalue weighted by atomic mass is 9.85. The smallest absolute Gasteiger partial charge is 0.121 e. The van der Waals surface area contributed by atoms with Crippen molar-refractivity contribution in [1.29, 1.82) is 0 Å². The maximum absolute atomic E-state index is 4.96. The van der Waals surface area contributed by atoms with E-state index in [0.717, 1.165) is 23.9 Å². The predicted octanol–water partition coefficient (Wildman–Crippen LogP) is 7.08. The van der Waals surface area contributed by atoms with Gasteiger partial charge in [-0.1, -0.05) is 81.2 Å². The summed E-state index contributed by atoms with van der Waals surface area (Å²) in [4.78, 5) is 2.00. The van der Waals surface area contributed by atoms with E-state index in [4.69, 9.17) is 10.2 Å². The van der Waals surface area contributed by atoms with Gasteiger partial charge in [-0.05, 0) is 60.3 Å². The van der Waals surface area contributed by atoms with Crippen molar-refractivity contribution < 1.29 is 0 Å². The van der Waals surface area contributed by atoms with E-state index in [2.05, 4.69) is 75.6 Å². The van der Waals surface area contributed by atoms with Crippen molar-refractivity contribution in [2.45, 2.75) is 45.6 Å². The van der Waals surface area contributed by atoms with E-state index in [1.165, 1.54) is 35.1 Å². The molecular weight excluding hydrogens is 390 g/mol. The van der Waals surface area contributed by atoms with Crippen LogP contribution in [0.4, 0.5) is 0 Å². The summed E-state index contributed by atoms with van der Waals surface area (Å²) in [5.74, 6) is 1.71. The molecule has 0 amide bonds. The Morgan fingerprint density at radius 2 is 1.88 bits per heavy atom. The van der Waals surface area contributed by atoms with Gasteiger partial charge in [-0.2, -0.15) is 15.0 Å². The first-order chi connectivity index (χ1) is 15.5. The largest absolute Gasteiger partial charge is 0.181 e. The van der Waals surface area contributed by atoms with Gasteiger partial charge in [-0.25, -0.2) is 0 Å². The van der Waals surface area contributed by atoms with Crippen LogP contribution in [0.25, 0.3) is 23.2 Å². The maximum atomic E-state index is 4.96. The number of nitrogens with zero attached hydrogens (tertiary/aromatic N) is 3. The summed E-state index contributed by atoms with van der Waals surface area (Å²) in [6.45, 7) is 12.7. The van der Waals surface area contributed by atoms with Gasteiger partial charge in [0.05, 0.1) is 6.04 Å². The number of hydrogen-bond donors (Lipinski definition) is 0. The molecule has 162 valence electrons. The van der Waals surface area contributed by atoms with Crippen LogP contribution >= 0.6 is 0 Å². The van der Waals surface area contributed by atoms with Gasteiger partial charge in [0.15, 0.2) is 0 Å². The summed E-state index contributed by atoms with van der Waals surface area (Å²) in [7, 11) is 0. The normalized spacial score (nSPS) is 34.4. The van der Waals surface area contributed by atoms with Crippen molar-refractivity contribution in [3.8, 4) is 0 Å². The number of rotatable bonds is 4. The van der Waals surface area contributed by atoms with Crippen molar-refractivity contribution >= 4 is 23.2 Å². The number of allylic oxidation sites excluding steroid dienone is 8. The first-order valence-electron chi connectivity index (χ1n) is 12.0. The highest BCUT2D eigenvalue weighted by Crippen LogP contribution is 2.83. The highest BCUT2D eigenvalue weighted by Gasteiger charge is 2.75. The van der Waals surface area contributed by atoms with Crippen molar-refractivity contribution in [3.63, 3.8) is 0 Å². The molecule has 3 nitrogen and oxygen atoms in total. The van der Waals surface area contributed by atoms with Crippen LogP contribution in [-0.4, -0.2) is 15.0 Å². The lowest BCUT2D eigenvalue weighted by molar-refractivity contribution is 0.271. The van der Waals surface area contributed by atoms with Gasteiger partial charge in [0.25, 0.3) is 0 Å². The second kappa shape index (κ2) is 7.03. The van der Waals surface area contributed by atoms with Crippen LogP contribution in [0.3, 0.4) is 0 Å². The van der Waals surface area contributed by atoms with Crippen LogP contribution in [0.2, 0.25) is 0 Å². The summed E-state index contributed by atoms with van der Waals surface area (Å²) >= 11 is 0. The first-order valence-corrected chi connectivity index (χ1v) is 12.0. The van der Waals surface area contributed by atoms with Crippen LogP contribution in [0.1, 0.15) is 56.7 Å². The molecule has 32 heavy (non-hydrogen) atoms. The van der Waals surface area contributed by atoms with Gasteiger partial charge >= 0.3 is 0 Å². The monoisotopic (exact) mass is 421 g/mol. The fraction of sp³-hybridized carbons (Fsp3) is 0.379. The van der Waals surface area contributed by atoms with Gasteiger partial charge in [0, 0.05) is 16.9 Å². The van der Waals surface area contributed by atoms with Crippen molar-refractivity contribution in [3.05, 3.63) is 83.5 Å². The van der Waals surface area contributed by atoms with E-state index in [-0.39, 0.29) is 0 Å².